The molecule has 0 N–H and O–H groups in total. The highest BCUT2D eigenvalue weighted by atomic mass is 15.1. The van der Waals surface area contributed by atoms with Crippen molar-refractivity contribution in [3.63, 3.8) is 0 Å². The molecule has 0 fully saturated rings. The van der Waals surface area contributed by atoms with Crippen molar-refractivity contribution in [3.05, 3.63) is 158 Å². The second-order valence-electron chi connectivity index (χ2n) is 11.1. The Morgan fingerprint density at radius 2 is 0.886 bits per heavy atom. The zero-order chi connectivity index (χ0) is 29.0. The van der Waals surface area contributed by atoms with Crippen LogP contribution in [0.5, 0.6) is 0 Å². The topological polar surface area (TPSA) is 35.6 Å². The molecule has 0 amide bonds. The summed E-state index contributed by atoms with van der Waals surface area (Å²) in [6.07, 6.45) is 0. The van der Waals surface area contributed by atoms with Crippen LogP contribution >= 0.6 is 0 Å². The lowest BCUT2D eigenvalue weighted by Gasteiger charge is -2.17. The van der Waals surface area contributed by atoms with Gasteiger partial charge in [0.1, 0.15) is 11.6 Å². The maximum Gasteiger partial charge on any atom is 0.147 e. The quantitative estimate of drug-likeness (QED) is 0.200. The van der Waals surface area contributed by atoms with Gasteiger partial charge in [0.25, 0.3) is 0 Å². The molecule has 4 nitrogen and oxygen atoms in total. The fourth-order valence-electron chi connectivity index (χ4n) is 6.52. The van der Waals surface area contributed by atoms with Gasteiger partial charge in [-0.2, -0.15) is 0 Å². The van der Waals surface area contributed by atoms with Gasteiger partial charge >= 0.3 is 0 Å². The molecule has 0 radical (unpaired) electrons. The Bertz CT molecular complexity index is 2490. The Labute approximate surface area is 254 Å². The number of rotatable bonds is 4. The molecule has 9 rings (SSSR count). The Morgan fingerprint density at radius 1 is 0.386 bits per heavy atom. The van der Waals surface area contributed by atoms with Crippen LogP contribution in [0.2, 0.25) is 0 Å². The van der Waals surface area contributed by atoms with Crippen molar-refractivity contribution in [2.45, 2.75) is 0 Å². The van der Waals surface area contributed by atoms with Gasteiger partial charge < -0.3 is 0 Å². The summed E-state index contributed by atoms with van der Waals surface area (Å²) in [6, 6.07) is 55.4. The number of para-hydroxylation sites is 6. The fourth-order valence-corrected chi connectivity index (χ4v) is 6.52. The third kappa shape index (κ3) is 3.78. The summed E-state index contributed by atoms with van der Waals surface area (Å²) in [6.45, 7) is 0. The summed E-state index contributed by atoms with van der Waals surface area (Å²) >= 11 is 0. The van der Waals surface area contributed by atoms with Crippen molar-refractivity contribution in [1.82, 2.24) is 19.1 Å². The van der Waals surface area contributed by atoms with E-state index in [1.807, 2.05) is 0 Å². The SMILES string of the molecule is c1ccc(-n2c(-c3ccc4cc5ccccc5cc4c3-c3nc4ccccc4n3-c3ccccc3)nc3ccccc32)cc1. The first kappa shape index (κ1) is 24.6. The van der Waals surface area contributed by atoms with E-state index in [0.717, 1.165) is 67.0 Å². The molecule has 0 aliphatic carbocycles. The number of hydrogen-bond donors (Lipinski definition) is 0. The van der Waals surface area contributed by atoms with E-state index in [1.54, 1.807) is 0 Å². The van der Waals surface area contributed by atoms with Crippen molar-refractivity contribution in [3.8, 4) is 34.2 Å². The van der Waals surface area contributed by atoms with Gasteiger partial charge in [-0.15, -0.1) is 0 Å². The first-order valence-corrected chi connectivity index (χ1v) is 14.9. The largest absolute Gasteiger partial charge is 0.292 e. The molecule has 2 heterocycles. The second kappa shape index (κ2) is 9.79. The van der Waals surface area contributed by atoms with Crippen LogP contribution in [-0.2, 0) is 0 Å². The highest BCUT2D eigenvalue weighted by Crippen LogP contribution is 2.42. The standard InChI is InChI=1S/C40H26N4/c1-3-15-30(16-4-1)43-36-21-11-9-19-34(36)41-39(43)32-24-23-29-25-27-13-7-8-14-28(27)26-33(29)38(32)40-42-35-20-10-12-22-37(35)44(40)31-17-5-2-6-18-31/h1-26H. The van der Waals surface area contributed by atoms with Crippen molar-refractivity contribution in [1.29, 1.82) is 0 Å². The normalized spacial score (nSPS) is 11.6. The molecule has 9 aromatic rings. The lowest BCUT2D eigenvalue weighted by atomic mass is 9.94. The first-order valence-electron chi connectivity index (χ1n) is 14.9. The Morgan fingerprint density at radius 3 is 1.52 bits per heavy atom. The predicted molar refractivity (Wildman–Crippen MR) is 182 cm³/mol. The molecule has 44 heavy (non-hydrogen) atoms. The van der Waals surface area contributed by atoms with Crippen LogP contribution in [0.25, 0.3) is 77.8 Å². The maximum absolute atomic E-state index is 5.36. The van der Waals surface area contributed by atoms with Gasteiger partial charge in [-0.3, -0.25) is 9.13 Å². The predicted octanol–water partition coefficient (Wildman–Crippen LogP) is 10.0. The van der Waals surface area contributed by atoms with Crippen molar-refractivity contribution >= 4 is 43.6 Å². The lowest BCUT2D eigenvalue weighted by Crippen LogP contribution is -2.02. The average Bonchev–Trinajstić information content (AvgIpc) is 3.66. The third-order valence-electron chi connectivity index (χ3n) is 8.50. The molecular weight excluding hydrogens is 536 g/mol. The van der Waals surface area contributed by atoms with Gasteiger partial charge in [0.05, 0.1) is 22.1 Å². The van der Waals surface area contributed by atoms with E-state index in [-0.39, 0.29) is 0 Å². The van der Waals surface area contributed by atoms with Gasteiger partial charge in [0, 0.05) is 22.5 Å². The number of benzene rings is 7. The molecule has 206 valence electrons. The molecule has 0 spiro atoms. The average molecular weight is 563 g/mol. The zero-order valence-electron chi connectivity index (χ0n) is 23.8. The Hall–Kier alpha value is -6.00. The molecule has 0 atom stereocenters. The highest BCUT2D eigenvalue weighted by molar-refractivity contribution is 6.09. The summed E-state index contributed by atoms with van der Waals surface area (Å²) in [4.78, 5) is 10.7. The summed E-state index contributed by atoms with van der Waals surface area (Å²) in [5, 5.41) is 4.71. The van der Waals surface area contributed by atoms with Crippen LogP contribution in [-0.4, -0.2) is 19.1 Å². The van der Waals surface area contributed by atoms with Crippen LogP contribution in [0.4, 0.5) is 0 Å². The molecule has 0 aliphatic heterocycles. The molecule has 0 saturated heterocycles. The Balaban J connectivity index is 1.47. The minimum atomic E-state index is 0.883. The van der Waals surface area contributed by atoms with Crippen LogP contribution < -0.4 is 0 Å². The smallest absolute Gasteiger partial charge is 0.147 e. The number of nitrogens with zero attached hydrogens (tertiary/aromatic N) is 4. The third-order valence-corrected chi connectivity index (χ3v) is 8.50. The number of fused-ring (bicyclic) bond motifs is 4. The van der Waals surface area contributed by atoms with E-state index in [4.69, 9.17) is 9.97 Å². The van der Waals surface area contributed by atoms with Crippen molar-refractivity contribution < 1.29 is 0 Å². The van der Waals surface area contributed by atoms with Gasteiger partial charge in [-0.25, -0.2) is 9.97 Å². The van der Waals surface area contributed by atoms with Crippen LogP contribution in [0.15, 0.2) is 158 Å². The molecule has 4 heteroatoms. The number of imidazole rings is 2. The monoisotopic (exact) mass is 562 g/mol. The van der Waals surface area contributed by atoms with E-state index >= 15 is 0 Å². The van der Waals surface area contributed by atoms with Gasteiger partial charge in [-0.1, -0.05) is 91.0 Å². The number of aromatic nitrogens is 4. The van der Waals surface area contributed by atoms with Gasteiger partial charge in [0.15, 0.2) is 0 Å². The van der Waals surface area contributed by atoms with E-state index in [2.05, 4.69) is 167 Å². The van der Waals surface area contributed by atoms with Crippen LogP contribution in [0.1, 0.15) is 0 Å². The van der Waals surface area contributed by atoms with Gasteiger partial charge in [0.2, 0.25) is 0 Å². The summed E-state index contributed by atoms with van der Waals surface area (Å²) in [7, 11) is 0. The van der Waals surface area contributed by atoms with Crippen molar-refractivity contribution in [2.24, 2.45) is 0 Å². The Kier molecular flexibility index (Phi) is 5.47. The molecular formula is C40H26N4. The minimum absolute atomic E-state index is 0.883. The summed E-state index contributed by atoms with van der Waals surface area (Å²) in [5.74, 6) is 1.77. The lowest BCUT2D eigenvalue weighted by molar-refractivity contribution is 1.09. The van der Waals surface area contributed by atoms with Crippen LogP contribution in [0, 0.1) is 0 Å². The number of hydrogen-bond acceptors (Lipinski definition) is 2. The second-order valence-corrected chi connectivity index (χ2v) is 11.1. The van der Waals surface area contributed by atoms with E-state index in [0.29, 0.717) is 0 Å². The van der Waals surface area contributed by atoms with E-state index in [9.17, 15) is 0 Å². The van der Waals surface area contributed by atoms with E-state index in [1.165, 1.54) is 10.8 Å². The minimum Gasteiger partial charge on any atom is -0.292 e. The maximum atomic E-state index is 5.36. The van der Waals surface area contributed by atoms with Crippen LogP contribution in [0.3, 0.4) is 0 Å². The summed E-state index contributed by atoms with van der Waals surface area (Å²) < 4.78 is 4.56. The molecule has 2 aromatic heterocycles. The molecule has 7 aromatic carbocycles. The fraction of sp³-hybridized carbons (Fsp3) is 0. The zero-order valence-corrected chi connectivity index (χ0v) is 23.8. The van der Waals surface area contributed by atoms with Gasteiger partial charge in [-0.05, 0) is 88.3 Å². The molecule has 0 aliphatic rings. The molecule has 0 unspecified atom stereocenters. The summed E-state index contributed by atoms with van der Waals surface area (Å²) in [5.41, 5.74) is 8.25. The first-order chi connectivity index (χ1) is 21.8. The molecule has 0 bridgehead atoms. The molecule has 0 saturated carbocycles. The van der Waals surface area contributed by atoms with E-state index < -0.39 is 0 Å². The highest BCUT2D eigenvalue weighted by Gasteiger charge is 2.24. The van der Waals surface area contributed by atoms with Crippen molar-refractivity contribution in [2.75, 3.05) is 0 Å².